The molecule has 0 aliphatic carbocycles. The molecule has 2 aromatic carbocycles. The van der Waals surface area contributed by atoms with E-state index in [-0.39, 0.29) is 24.0 Å². The second-order valence-electron chi connectivity index (χ2n) is 6.46. The van der Waals surface area contributed by atoms with Gasteiger partial charge in [0.2, 0.25) is 5.91 Å². The first-order chi connectivity index (χ1) is 14.6. The van der Waals surface area contributed by atoms with Gasteiger partial charge in [0.15, 0.2) is 16.2 Å². The number of furan rings is 1. The molecule has 0 atom stereocenters. The minimum Gasteiger partial charge on any atom is -0.444 e. The number of nitrogens with zero attached hydrogens (tertiary/aromatic N) is 2. The third-order valence-corrected chi connectivity index (χ3v) is 4.68. The van der Waals surface area contributed by atoms with Gasteiger partial charge in [0.25, 0.3) is 5.91 Å². The fraction of sp³-hybridized carbons (Fsp3) is 0.0455. The van der Waals surface area contributed by atoms with Crippen LogP contribution in [0.25, 0.3) is 5.69 Å². The van der Waals surface area contributed by atoms with Crippen molar-refractivity contribution >= 4 is 39.2 Å². The van der Waals surface area contributed by atoms with E-state index in [9.17, 15) is 9.59 Å². The molecule has 0 unspecified atom stereocenters. The van der Waals surface area contributed by atoms with Gasteiger partial charge >= 0.3 is 0 Å². The SMILES string of the molecule is O=C(Cc1ccc(NC(=O)c2ccc(Br)o2)cc1)Nc1ccn(-c2ccccc2)n1. The van der Waals surface area contributed by atoms with Crippen LogP contribution in [-0.2, 0) is 11.2 Å². The average Bonchev–Trinajstić information content (AvgIpc) is 3.39. The summed E-state index contributed by atoms with van der Waals surface area (Å²) in [7, 11) is 0. The quantitative estimate of drug-likeness (QED) is 0.434. The number of nitrogens with one attached hydrogen (secondary N) is 2. The van der Waals surface area contributed by atoms with E-state index >= 15 is 0 Å². The Labute approximate surface area is 180 Å². The molecule has 0 bridgehead atoms. The number of halogens is 1. The van der Waals surface area contributed by atoms with E-state index in [2.05, 4.69) is 31.7 Å². The largest absolute Gasteiger partial charge is 0.444 e. The molecule has 150 valence electrons. The molecule has 0 spiro atoms. The first kappa shape index (κ1) is 19.7. The highest BCUT2D eigenvalue weighted by atomic mass is 79.9. The van der Waals surface area contributed by atoms with Crippen LogP contribution in [0.2, 0.25) is 0 Å². The van der Waals surface area contributed by atoms with Crippen LogP contribution in [-0.4, -0.2) is 21.6 Å². The maximum atomic E-state index is 12.3. The van der Waals surface area contributed by atoms with E-state index in [1.165, 1.54) is 0 Å². The van der Waals surface area contributed by atoms with Crippen LogP contribution in [0.5, 0.6) is 0 Å². The highest BCUT2D eigenvalue weighted by Gasteiger charge is 2.11. The average molecular weight is 465 g/mol. The number of amides is 2. The summed E-state index contributed by atoms with van der Waals surface area (Å²) >= 11 is 3.16. The van der Waals surface area contributed by atoms with Crippen LogP contribution >= 0.6 is 15.9 Å². The zero-order valence-corrected chi connectivity index (χ0v) is 17.3. The van der Waals surface area contributed by atoms with Crippen LogP contribution in [0.1, 0.15) is 16.1 Å². The van der Waals surface area contributed by atoms with Gasteiger partial charge in [-0.25, -0.2) is 4.68 Å². The molecular formula is C22H17BrN4O3. The van der Waals surface area contributed by atoms with Crippen LogP contribution in [0, 0.1) is 0 Å². The van der Waals surface area contributed by atoms with Crippen LogP contribution < -0.4 is 10.6 Å². The number of rotatable bonds is 6. The van der Waals surface area contributed by atoms with E-state index in [1.807, 2.05) is 30.3 Å². The van der Waals surface area contributed by atoms with Gasteiger partial charge in [-0.1, -0.05) is 30.3 Å². The molecule has 7 nitrogen and oxygen atoms in total. The third kappa shape index (κ3) is 4.84. The Hall–Kier alpha value is -3.65. The molecule has 2 amide bonds. The molecule has 2 aromatic heterocycles. The first-order valence-corrected chi connectivity index (χ1v) is 9.93. The standard InChI is InChI=1S/C22H17BrN4O3/c23-19-11-10-18(30-19)22(29)24-16-8-6-15(7-9-16)14-21(28)25-20-12-13-27(26-20)17-4-2-1-3-5-17/h1-13H,14H2,(H,24,29)(H,25,26,28). The minimum absolute atomic E-state index is 0.175. The normalized spacial score (nSPS) is 10.6. The lowest BCUT2D eigenvalue weighted by Crippen LogP contribution is -2.15. The lowest BCUT2D eigenvalue weighted by molar-refractivity contribution is -0.115. The Kier molecular flexibility index (Phi) is 5.76. The Morgan fingerprint density at radius 1 is 0.933 bits per heavy atom. The highest BCUT2D eigenvalue weighted by Crippen LogP contribution is 2.17. The molecule has 0 saturated carbocycles. The number of carbonyl (C=O) groups is 2. The van der Waals surface area contributed by atoms with E-state index in [0.29, 0.717) is 16.2 Å². The summed E-state index contributed by atoms with van der Waals surface area (Å²) in [5, 5.41) is 9.90. The summed E-state index contributed by atoms with van der Waals surface area (Å²) in [5.74, 6) is 0.170. The third-order valence-electron chi connectivity index (χ3n) is 4.25. The molecule has 0 fully saturated rings. The molecule has 0 saturated heterocycles. The Balaban J connectivity index is 1.33. The Morgan fingerprint density at radius 2 is 1.70 bits per heavy atom. The number of para-hydroxylation sites is 1. The van der Waals surface area contributed by atoms with Crippen molar-refractivity contribution in [2.24, 2.45) is 0 Å². The van der Waals surface area contributed by atoms with Gasteiger partial charge in [-0.3, -0.25) is 9.59 Å². The maximum Gasteiger partial charge on any atom is 0.291 e. The predicted molar refractivity (Wildman–Crippen MR) is 117 cm³/mol. The van der Waals surface area contributed by atoms with Crippen molar-refractivity contribution in [1.82, 2.24) is 9.78 Å². The van der Waals surface area contributed by atoms with Gasteiger partial charge in [0.1, 0.15) is 0 Å². The van der Waals surface area contributed by atoms with Crippen molar-refractivity contribution in [2.75, 3.05) is 10.6 Å². The van der Waals surface area contributed by atoms with E-state index in [4.69, 9.17) is 4.42 Å². The van der Waals surface area contributed by atoms with Gasteiger partial charge in [-0.05, 0) is 57.9 Å². The smallest absolute Gasteiger partial charge is 0.291 e. The lowest BCUT2D eigenvalue weighted by Gasteiger charge is -2.06. The van der Waals surface area contributed by atoms with Crippen molar-refractivity contribution in [3.8, 4) is 5.69 Å². The molecule has 0 aliphatic rings. The number of hydrogen-bond acceptors (Lipinski definition) is 4. The number of benzene rings is 2. The van der Waals surface area contributed by atoms with Gasteiger partial charge in [-0.15, -0.1) is 0 Å². The number of anilines is 2. The summed E-state index contributed by atoms with van der Waals surface area (Å²) in [5.41, 5.74) is 2.34. The van der Waals surface area contributed by atoms with Crippen molar-refractivity contribution < 1.29 is 14.0 Å². The van der Waals surface area contributed by atoms with Gasteiger partial charge in [-0.2, -0.15) is 5.10 Å². The molecule has 2 N–H and O–H groups in total. The first-order valence-electron chi connectivity index (χ1n) is 9.13. The Morgan fingerprint density at radius 3 is 2.40 bits per heavy atom. The van der Waals surface area contributed by atoms with E-state index in [0.717, 1.165) is 11.3 Å². The zero-order valence-electron chi connectivity index (χ0n) is 15.7. The molecule has 4 rings (SSSR count). The lowest BCUT2D eigenvalue weighted by atomic mass is 10.1. The van der Waals surface area contributed by atoms with Gasteiger partial charge in [0.05, 0.1) is 12.1 Å². The summed E-state index contributed by atoms with van der Waals surface area (Å²) in [6.07, 6.45) is 1.98. The fourth-order valence-corrected chi connectivity index (χ4v) is 3.13. The molecular weight excluding hydrogens is 448 g/mol. The fourth-order valence-electron chi connectivity index (χ4n) is 2.82. The van der Waals surface area contributed by atoms with Crippen LogP contribution in [0.3, 0.4) is 0 Å². The minimum atomic E-state index is -0.347. The zero-order chi connectivity index (χ0) is 20.9. The summed E-state index contributed by atoms with van der Waals surface area (Å²) in [4.78, 5) is 24.4. The molecule has 2 heterocycles. The van der Waals surface area contributed by atoms with Gasteiger partial charge < -0.3 is 15.1 Å². The van der Waals surface area contributed by atoms with Crippen molar-refractivity contribution in [1.29, 1.82) is 0 Å². The molecule has 4 aromatic rings. The van der Waals surface area contributed by atoms with Crippen molar-refractivity contribution in [3.63, 3.8) is 0 Å². The van der Waals surface area contributed by atoms with Crippen molar-refractivity contribution in [2.45, 2.75) is 6.42 Å². The van der Waals surface area contributed by atoms with Crippen molar-refractivity contribution in [3.05, 3.63) is 95.0 Å². The molecule has 0 aliphatic heterocycles. The summed E-state index contributed by atoms with van der Waals surface area (Å²) in [6, 6.07) is 21.7. The number of hydrogen-bond donors (Lipinski definition) is 2. The monoisotopic (exact) mass is 464 g/mol. The Bertz CT molecular complexity index is 1170. The molecule has 0 radical (unpaired) electrons. The summed E-state index contributed by atoms with van der Waals surface area (Å²) < 4.78 is 7.41. The van der Waals surface area contributed by atoms with Crippen LogP contribution in [0.4, 0.5) is 11.5 Å². The molecule has 8 heteroatoms. The topological polar surface area (TPSA) is 89.2 Å². The van der Waals surface area contributed by atoms with E-state index < -0.39 is 0 Å². The van der Waals surface area contributed by atoms with Gasteiger partial charge in [0, 0.05) is 18.0 Å². The predicted octanol–water partition coefficient (Wildman–Crippen LogP) is 4.66. The number of aromatic nitrogens is 2. The van der Waals surface area contributed by atoms with Crippen LogP contribution in [0.15, 0.2) is 88.1 Å². The maximum absolute atomic E-state index is 12.3. The second kappa shape index (κ2) is 8.79. The number of carbonyl (C=O) groups excluding carboxylic acids is 2. The highest BCUT2D eigenvalue weighted by molar-refractivity contribution is 9.10. The summed E-state index contributed by atoms with van der Waals surface area (Å²) in [6.45, 7) is 0. The molecule has 30 heavy (non-hydrogen) atoms. The van der Waals surface area contributed by atoms with E-state index in [1.54, 1.807) is 53.3 Å². The second-order valence-corrected chi connectivity index (χ2v) is 7.24.